The summed E-state index contributed by atoms with van der Waals surface area (Å²) in [4.78, 5) is 33.5. The quantitative estimate of drug-likeness (QED) is 0.510. The maximum Gasteiger partial charge on any atom is 0.311 e. The van der Waals surface area contributed by atoms with Crippen molar-refractivity contribution < 1.29 is 14.3 Å². The van der Waals surface area contributed by atoms with Gasteiger partial charge in [-0.3, -0.25) is 9.59 Å². The Morgan fingerprint density at radius 3 is 2.67 bits per heavy atom. The van der Waals surface area contributed by atoms with Crippen molar-refractivity contribution in [1.82, 2.24) is 19.6 Å². The van der Waals surface area contributed by atoms with Gasteiger partial charge in [-0.1, -0.05) is 17.7 Å². The predicted molar refractivity (Wildman–Crippen MR) is 99.8 cm³/mol. The molecule has 3 rings (SSSR count). The SMILES string of the molecule is Cc1ccc(C)c(C(=O)[C@H](C)OC(=O)Cc2c(C)nc3ncnn3c2C)c1. The van der Waals surface area contributed by atoms with Gasteiger partial charge in [0.05, 0.1) is 6.42 Å². The molecule has 0 N–H and O–H groups in total. The maximum atomic E-state index is 12.7. The van der Waals surface area contributed by atoms with Crippen LogP contribution < -0.4 is 0 Å². The molecule has 0 saturated carbocycles. The Hall–Kier alpha value is -3.09. The highest BCUT2D eigenvalue weighted by molar-refractivity contribution is 6.01. The van der Waals surface area contributed by atoms with Crippen molar-refractivity contribution in [3.63, 3.8) is 0 Å². The molecular formula is C20H22N4O3. The Balaban J connectivity index is 1.76. The van der Waals surface area contributed by atoms with Crippen molar-refractivity contribution in [2.45, 2.75) is 47.1 Å². The molecule has 7 nitrogen and oxygen atoms in total. The van der Waals surface area contributed by atoms with Crippen molar-refractivity contribution >= 4 is 17.5 Å². The highest BCUT2D eigenvalue weighted by Gasteiger charge is 2.23. The van der Waals surface area contributed by atoms with Gasteiger partial charge in [0.25, 0.3) is 5.78 Å². The first kappa shape index (κ1) is 18.7. The number of aryl methyl sites for hydroxylation is 4. The fraction of sp³-hybridized carbons (Fsp3) is 0.350. The zero-order valence-corrected chi connectivity index (χ0v) is 16.1. The van der Waals surface area contributed by atoms with Crippen LogP contribution in [0.2, 0.25) is 0 Å². The fourth-order valence-electron chi connectivity index (χ4n) is 3.07. The van der Waals surface area contributed by atoms with Crippen LogP contribution in [0.3, 0.4) is 0 Å². The van der Waals surface area contributed by atoms with Crippen LogP contribution in [0.4, 0.5) is 0 Å². The highest BCUT2D eigenvalue weighted by atomic mass is 16.5. The maximum absolute atomic E-state index is 12.7. The van der Waals surface area contributed by atoms with E-state index in [2.05, 4.69) is 15.1 Å². The van der Waals surface area contributed by atoms with Crippen LogP contribution in [-0.2, 0) is 16.0 Å². The van der Waals surface area contributed by atoms with E-state index in [-0.39, 0.29) is 12.2 Å². The minimum absolute atomic E-state index is 0.0187. The van der Waals surface area contributed by atoms with Gasteiger partial charge in [-0.05, 0) is 46.2 Å². The summed E-state index contributed by atoms with van der Waals surface area (Å²) >= 11 is 0. The average Bonchev–Trinajstić information content (AvgIpc) is 3.08. The third-order valence-electron chi connectivity index (χ3n) is 4.65. The summed E-state index contributed by atoms with van der Waals surface area (Å²) in [6.45, 7) is 9.05. The minimum Gasteiger partial charge on any atom is -0.454 e. The molecule has 0 radical (unpaired) electrons. The van der Waals surface area contributed by atoms with Gasteiger partial charge in [-0.15, -0.1) is 0 Å². The molecule has 0 aliphatic carbocycles. The van der Waals surface area contributed by atoms with E-state index in [1.807, 2.05) is 45.9 Å². The lowest BCUT2D eigenvalue weighted by Crippen LogP contribution is -2.26. The molecule has 1 atom stereocenters. The molecule has 140 valence electrons. The van der Waals surface area contributed by atoms with Gasteiger partial charge in [-0.25, -0.2) is 9.50 Å². The first-order chi connectivity index (χ1) is 12.8. The Morgan fingerprint density at radius 2 is 1.93 bits per heavy atom. The molecule has 27 heavy (non-hydrogen) atoms. The average molecular weight is 366 g/mol. The lowest BCUT2D eigenvalue weighted by molar-refractivity contribution is -0.145. The third kappa shape index (κ3) is 3.72. The molecule has 0 aliphatic heterocycles. The second kappa shape index (κ2) is 7.26. The molecule has 7 heteroatoms. The molecule has 0 amide bonds. The predicted octanol–water partition coefficient (Wildman–Crippen LogP) is 2.72. The summed E-state index contributed by atoms with van der Waals surface area (Å²) in [6, 6.07) is 5.66. The second-order valence-corrected chi connectivity index (χ2v) is 6.72. The van der Waals surface area contributed by atoms with Gasteiger partial charge in [-0.2, -0.15) is 10.1 Å². The summed E-state index contributed by atoms with van der Waals surface area (Å²) in [5.74, 6) is -0.197. The van der Waals surface area contributed by atoms with Crippen LogP contribution in [0.1, 0.15) is 45.4 Å². The van der Waals surface area contributed by atoms with Gasteiger partial charge in [0, 0.05) is 22.5 Å². The van der Waals surface area contributed by atoms with E-state index < -0.39 is 12.1 Å². The number of nitrogens with zero attached hydrogens (tertiary/aromatic N) is 4. The number of ketones is 1. The fourth-order valence-corrected chi connectivity index (χ4v) is 3.07. The van der Waals surface area contributed by atoms with Crippen LogP contribution in [0.5, 0.6) is 0 Å². The van der Waals surface area contributed by atoms with Crippen LogP contribution >= 0.6 is 0 Å². The molecule has 0 unspecified atom stereocenters. The smallest absolute Gasteiger partial charge is 0.311 e. The van der Waals surface area contributed by atoms with Crippen LogP contribution in [0, 0.1) is 27.7 Å². The largest absolute Gasteiger partial charge is 0.454 e. The summed E-state index contributed by atoms with van der Waals surface area (Å²) in [5.41, 5.74) is 4.62. The molecule has 1 aromatic carbocycles. The molecule has 2 aromatic heterocycles. The van der Waals surface area contributed by atoms with Crippen LogP contribution in [-0.4, -0.2) is 37.4 Å². The van der Waals surface area contributed by atoms with E-state index in [9.17, 15) is 9.59 Å². The lowest BCUT2D eigenvalue weighted by Gasteiger charge is -2.15. The van der Waals surface area contributed by atoms with Gasteiger partial charge in [0.15, 0.2) is 6.10 Å². The summed E-state index contributed by atoms with van der Waals surface area (Å²) < 4.78 is 6.99. The zero-order chi connectivity index (χ0) is 19.7. The van der Waals surface area contributed by atoms with Crippen LogP contribution in [0.15, 0.2) is 24.5 Å². The van der Waals surface area contributed by atoms with E-state index in [1.54, 1.807) is 11.4 Å². The summed E-state index contributed by atoms with van der Waals surface area (Å²) in [6.07, 6.45) is 0.578. The normalized spacial score (nSPS) is 12.2. The number of fused-ring (bicyclic) bond motifs is 1. The molecule has 0 aliphatic rings. The van der Waals surface area contributed by atoms with Crippen molar-refractivity contribution in [3.05, 3.63) is 58.2 Å². The molecule has 3 aromatic rings. The van der Waals surface area contributed by atoms with Crippen molar-refractivity contribution in [3.8, 4) is 0 Å². The van der Waals surface area contributed by atoms with Crippen molar-refractivity contribution in [2.24, 2.45) is 0 Å². The summed E-state index contributed by atoms with van der Waals surface area (Å²) in [5, 5.41) is 4.11. The number of benzene rings is 1. The molecule has 2 heterocycles. The third-order valence-corrected chi connectivity index (χ3v) is 4.65. The highest BCUT2D eigenvalue weighted by Crippen LogP contribution is 2.17. The zero-order valence-electron chi connectivity index (χ0n) is 16.1. The lowest BCUT2D eigenvalue weighted by atomic mass is 9.99. The topological polar surface area (TPSA) is 86.5 Å². The number of carbonyl (C=O) groups excluding carboxylic acids is 2. The van der Waals surface area contributed by atoms with Gasteiger partial charge in [0.2, 0.25) is 5.78 Å². The molecule has 0 fully saturated rings. The number of aromatic nitrogens is 4. The van der Waals surface area contributed by atoms with E-state index >= 15 is 0 Å². The number of Topliss-reactive ketones (excluding diaryl/α,β-unsaturated/α-hetero) is 1. The number of esters is 1. The molecular weight excluding hydrogens is 344 g/mol. The first-order valence-corrected chi connectivity index (χ1v) is 8.74. The monoisotopic (exact) mass is 366 g/mol. The second-order valence-electron chi connectivity index (χ2n) is 6.72. The number of ether oxygens (including phenoxy) is 1. The van der Waals surface area contributed by atoms with Gasteiger partial charge < -0.3 is 4.74 Å². The Bertz CT molecular complexity index is 1040. The number of hydrogen-bond donors (Lipinski definition) is 0. The first-order valence-electron chi connectivity index (χ1n) is 8.74. The number of hydrogen-bond acceptors (Lipinski definition) is 6. The van der Waals surface area contributed by atoms with Crippen LogP contribution in [0.25, 0.3) is 5.78 Å². The van der Waals surface area contributed by atoms with Gasteiger partial charge in [0.1, 0.15) is 6.33 Å². The van der Waals surface area contributed by atoms with E-state index in [4.69, 9.17) is 4.74 Å². The standard InChI is InChI=1S/C20H22N4O3/c1-11-6-7-12(2)16(8-11)19(26)15(5)27-18(25)9-17-13(3)23-20-21-10-22-24(20)14(17)4/h6-8,10,15H,9H2,1-5H3/t15-/m0/s1. The molecule has 0 bridgehead atoms. The number of carbonyl (C=O) groups is 2. The van der Waals surface area contributed by atoms with Crippen molar-refractivity contribution in [2.75, 3.05) is 0 Å². The molecule has 0 spiro atoms. The van der Waals surface area contributed by atoms with E-state index in [1.165, 1.54) is 6.33 Å². The van der Waals surface area contributed by atoms with Crippen molar-refractivity contribution in [1.29, 1.82) is 0 Å². The summed E-state index contributed by atoms with van der Waals surface area (Å²) in [7, 11) is 0. The van der Waals surface area contributed by atoms with E-state index in [0.29, 0.717) is 17.0 Å². The van der Waals surface area contributed by atoms with E-state index in [0.717, 1.165) is 22.4 Å². The Labute approximate surface area is 157 Å². The Kier molecular flexibility index (Phi) is 5.03. The Morgan fingerprint density at radius 1 is 1.19 bits per heavy atom. The number of rotatable bonds is 5. The van der Waals surface area contributed by atoms with Gasteiger partial charge >= 0.3 is 5.97 Å². The minimum atomic E-state index is -0.860. The molecule has 0 saturated heterocycles.